The highest BCUT2D eigenvalue weighted by molar-refractivity contribution is 5.78. The second-order valence-electron chi connectivity index (χ2n) is 5.52. The third-order valence-corrected chi connectivity index (χ3v) is 3.55. The molecule has 2 aromatic rings. The van der Waals surface area contributed by atoms with Gasteiger partial charge in [-0.1, -0.05) is 59.7 Å². The van der Waals surface area contributed by atoms with Crippen LogP contribution in [-0.4, -0.2) is 5.78 Å². The van der Waals surface area contributed by atoms with E-state index >= 15 is 0 Å². The number of hydrogen-bond donors (Lipinski definition) is 0. The van der Waals surface area contributed by atoms with Crippen molar-refractivity contribution in [2.75, 3.05) is 0 Å². The zero-order valence-corrected chi connectivity index (χ0v) is 12.4. The lowest BCUT2D eigenvalue weighted by molar-refractivity contribution is -0.119. The lowest BCUT2D eigenvalue weighted by atomic mass is 10.0. The molecule has 0 aromatic heterocycles. The van der Waals surface area contributed by atoms with E-state index in [4.69, 9.17) is 0 Å². The van der Waals surface area contributed by atoms with E-state index in [0.29, 0.717) is 18.6 Å². The highest BCUT2D eigenvalue weighted by atomic mass is 16.1. The van der Waals surface area contributed by atoms with E-state index in [-0.39, 0.29) is 0 Å². The lowest BCUT2D eigenvalue weighted by Crippen LogP contribution is -2.02. The van der Waals surface area contributed by atoms with Gasteiger partial charge < -0.3 is 0 Å². The Hall–Kier alpha value is -1.89. The van der Waals surface area contributed by atoms with Crippen molar-refractivity contribution in [2.45, 2.75) is 39.5 Å². The zero-order valence-electron chi connectivity index (χ0n) is 12.4. The Bertz CT molecular complexity index is 532. The summed E-state index contributed by atoms with van der Waals surface area (Å²) in [6.07, 6.45) is 3.01. The quantitative estimate of drug-likeness (QED) is 0.755. The van der Waals surface area contributed by atoms with Gasteiger partial charge in [0.15, 0.2) is 0 Å². The van der Waals surface area contributed by atoms with Gasteiger partial charge in [0.25, 0.3) is 0 Å². The van der Waals surface area contributed by atoms with Crippen molar-refractivity contribution in [3.63, 3.8) is 0 Å². The summed E-state index contributed by atoms with van der Waals surface area (Å²) in [5.41, 5.74) is 5.03. The monoisotopic (exact) mass is 266 g/mol. The Morgan fingerprint density at radius 3 is 1.65 bits per heavy atom. The summed E-state index contributed by atoms with van der Waals surface area (Å²) in [5, 5.41) is 0. The molecule has 0 amide bonds. The van der Waals surface area contributed by atoms with E-state index in [2.05, 4.69) is 62.4 Å². The molecule has 0 atom stereocenters. The SMILES string of the molecule is Cc1cccc(CCC(=O)CCc2cccc(C)c2)c1. The van der Waals surface area contributed by atoms with Crippen molar-refractivity contribution in [1.82, 2.24) is 0 Å². The lowest BCUT2D eigenvalue weighted by Gasteiger charge is -2.04. The minimum atomic E-state index is 0.355. The molecular weight excluding hydrogens is 244 g/mol. The van der Waals surface area contributed by atoms with Crippen LogP contribution in [0.15, 0.2) is 48.5 Å². The second kappa shape index (κ2) is 7.04. The topological polar surface area (TPSA) is 17.1 Å². The summed E-state index contributed by atoms with van der Waals surface area (Å²) in [5.74, 6) is 0.355. The maximum atomic E-state index is 12.0. The minimum Gasteiger partial charge on any atom is -0.300 e. The number of Topliss-reactive ketones (excluding diaryl/α,β-unsaturated/α-hetero) is 1. The van der Waals surface area contributed by atoms with Crippen LogP contribution < -0.4 is 0 Å². The standard InChI is InChI=1S/C19H22O/c1-15-5-3-7-17(13-15)9-11-19(20)12-10-18-8-4-6-16(2)14-18/h3-8,13-14H,9-12H2,1-2H3. The molecule has 0 N–H and O–H groups in total. The van der Waals surface area contributed by atoms with E-state index in [0.717, 1.165) is 12.8 Å². The van der Waals surface area contributed by atoms with Gasteiger partial charge >= 0.3 is 0 Å². The highest BCUT2D eigenvalue weighted by Crippen LogP contribution is 2.10. The van der Waals surface area contributed by atoms with Gasteiger partial charge in [-0.25, -0.2) is 0 Å². The Morgan fingerprint density at radius 1 is 0.800 bits per heavy atom. The second-order valence-corrected chi connectivity index (χ2v) is 5.52. The van der Waals surface area contributed by atoms with E-state index in [1.165, 1.54) is 22.3 Å². The molecule has 1 heteroatoms. The Labute approximate surface area is 121 Å². The number of hydrogen-bond acceptors (Lipinski definition) is 1. The fourth-order valence-corrected chi connectivity index (χ4v) is 2.43. The van der Waals surface area contributed by atoms with Crippen LogP contribution in [0.4, 0.5) is 0 Å². The summed E-state index contributed by atoms with van der Waals surface area (Å²) in [6.45, 7) is 4.17. The van der Waals surface area contributed by atoms with E-state index in [9.17, 15) is 4.79 Å². The number of benzene rings is 2. The first-order chi connectivity index (χ1) is 9.63. The van der Waals surface area contributed by atoms with Crippen molar-refractivity contribution < 1.29 is 4.79 Å². The fourth-order valence-electron chi connectivity index (χ4n) is 2.43. The molecule has 0 saturated heterocycles. The van der Waals surface area contributed by atoms with Crippen molar-refractivity contribution in [3.05, 3.63) is 70.8 Å². The van der Waals surface area contributed by atoms with Crippen LogP contribution in [0.3, 0.4) is 0 Å². The molecule has 0 aliphatic carbocycles. The van der Waals surface area contributed by atoms with Gasteiger partial charge in [-0.2, -0.15) is 0 Å². The van der Waals surface area contributed by atoms with Gasteiger partial charge in [0.1, 0.15) is 5.78 Å². The molecule has 0 aliphatic heterocycles. The summed E-state index contributed by atoms with van der Waals surface area (Å²) < 4.78 is 0. The molecule has 1 nitrogen and oxygen atoms in total. The first-order valence-corrected chi connectivity index (χ1v) is 7.26. The molecule has 0 radical (unpaired) electrons. The Kier molecular flexibility index (Phi) is 5.11. The van der Waals surface area contributed by atoms with Crippen LogP contribution in [0.25, 0.3) is 0 Å². The van der Waals surface area contributed by atoms with Crippen LogP contribution in [-0.2, 0) is 17.6 Å². The molecule has 0 bridgehead atoms. The van der Waals surface area contributed by atoms with Gasteiger partial charge in [0.05, 0.1) is 0 Å². The summed E-state index contributed by atoms with van der Waals surface area (Å²) in [7, 11) is 0. The van der Waals surface area contributed by atoms with Crippen LogP contribution in [0, 0.1) is 13.8 Å². The number of carbonyl (C=O) groups excluding carboxylic acids is 1. The molecule has 0 spiro atoms. The van der Waals surface area contributed by atoms with Gasteiger partial charge in [0.2, 0.25) is 0 Å². The van der Waals surface area contributed by atoms with Gasteiger partial charge in [-0.3, -0.25) is 4.79 Å². The highest BCUT2D eigenvalue weighted by Gasteiger charge is 2.04. The molecule has 2 aromatic carbocycles. The molecule has 0 unspecified atom stereocenters. The van der Waals surface area contributed by atoms with Gasteiger partial charge in [0, 0.05) is 12.8 Å². The van der Waals surface area contributed by atoms with Crippen LogP contribution in [0.5, 0.6) is 0 Å². The molecule has 0 aliphatic rings. The molecule has 0 saturated carbocycles. The maximum absolute atomic E-state index is 12.0. The van der Waals surface area contributed by atoms with Crippen molar-refractivity contribution in [1.29, 1.82) is 0 Å². The first-order valence-electron chi connectivity index (χ1n) is 7.26. The van der Waals surface area contributed by atoms with Crippen LogP contribution >= 0.6 is 0 Å². The van der Waals surface area contributed by atoms with E-state index in [1.807, 2.05) is 0 Å². The summed E-state index contributed by atoms with van der Waals surface area (Å²) in [4.78, 5) is 12.0. The maximum Gasteiger partial charge on any atom is 0.133 e. The minimum absolute atomic E-state index is 0.355. The first kappa shape index (κ1) is 14.5. The Balaban J connectivity index is 1.78. The molecule has 104 valence electrons. The van der Waals surface area contributed by atoms with Crippen LogP contribution in [0.1, 0.15) is 35.1 Å². The normalized spacial score (nSPS) is 10.5. The number of aryl methyl sites for hydroxylation is 4. The zero-order chi connectivity index (χ0) is 14.4. The number of rotatable bonds is 6. The Morgan fingerprint density at radius 2 is 1.25 bits per heavy atom. The smallest absolute Gasteiger partial charge is 0.133 e. The van der Waals surface area contributed by atoms with E-state index < -0.39 is 0 Å². The summed E-state index contributed by atoms with van der Waals surface area (Å²) in [6, 6.07) is 16.8. The molecule has 2 rings (SSSR count). The van der Waals surface area contributed by atoms with Crippen molar-refractivity contribution >= 4 is 5.78 Å². The third-order valence-electron chi connectivity index (χ3n) is 3.55. The largest absolute Gasteiger partial charge is 0.300 e. The number of ketones is 1. The molecule has 0 fully saturated rings. The molecular formula is C19H22O. The average molecular weight is 266 g/mol. The van der Waals surface area contributed by atoms with Crippen LogP contribution in [0.2, 0.25) is 0 Å². The predicted molar refractivity (Wildman–Crippen MR) is 84.0 cm³/mol. The van der Waals surface area contributed by atoms with Crippen molar-refractivity contribution in [3.8, 4) is 0 Å². The fraction of sp³-hybridized carbons (Fsp3) is 0.316. The van der Waals surface area contributed by atoms with Gasteiger partial charge in [-0.05, 0) is 37.8 Å². The summed E-state index contributed by atoms with van der Waals surface area (Å²) >= 11 is 0. The van der Waals surface area contributed by atoms with E-state index in [1.54, 1.807) is 0 Å². The third kappa shape index (κ3) is 4.65. The van der Waals surface area contributed by atoms with Crippen molar-refractivity contribution in [2.24, 2.45) is 0 Å². The predicted octanol–water partition coefficient (Wildman–Crippen LogP) is 4.44. The molecule has 0 heterocycles. The molecule has 20 heavy (non-hydrogen) atoms. The number of carbonyl (C=O) groups is 1. The average Bonchev–Trinajstić information content (AvgIpc) is 2.43. The van der Waals surface area contributed by atoms with Gasteiger partial charge in [-0.15, -0.1) is 0 Å².